The van der Waals surface area contributed by atoms with Gasteiger partial charge in [-0.3, -0.25) is 0 Å². The fourth-order valence-electron chi connectivity index (χ4n) is 9.30. The molecular formula is C53H36N2. The first kappa shape index (κ1) is 31.4. The molecule has 0 radical (unpaired) electrons. The van der Waals surface area contributed by atoms with E-state index in [2.05, 4.69) is 228 Å². The monoisotopic (exact) mass is 700 g/mol. The summed E-state index contributed by atoms with van der Waals surface area (Å²) in [5.41, 5.74) is 14.0. The van der Waals surface area contributed by atoms with Crippen molar-refractivity contribution in [2.45, 2.75) is 5.54 Å². The Morgan fingerprint density at radius 1 is 0.364 bits per heavy atom. The Bertz CT molecular complexity index is 2980. The van der Waals surface area contributed by atoms with Gasteiger partial charge in [-0.1, -0.05) is 176 Å². The molecule has 1 aliphatic carbocycles. The van der Waals surface area contributed by atoms with Gasteiger partial charge in [0.25, 0.3) is 0 Å². The minimum atomic E-state index is -0.583. The minimum Gasteiger partial charge on any atom is -0.322 e. The summed E-state index contributed by atoms with van der Waals surface area (Å²) in [4.78, 5) is 2.43. The molecular weight excluding hydrogens is 665 g/mol. The fraction of sp³-hybridized carbons (Fsp3) is 0.0189. The van der Waals surface area contributed by atoms with Crippen molar-refractivity contribution in [3.05, 3.63) is 235 Å². The highest BCUT2D eigenvalue weighted by molar-refractivity contribution is 6.11. The van der Waals surface area contributed by atoms with E-state index >= 15 is 0 Å². The van der Waals surface area contributed by atoms with Crippen molar-refractivity contribution < 1.29 is 0 Å². The molecule has 55 heavy (non-hydrogen) atoms. The third-order valence-electron chi connectivity index (χ3n) is 11.6. The van der Waals surface area contributed by atoms with Crippen LogP contribution in [0.25, 0.3) is 54.8 Å². The van der Waals surface area contributed by atoms with Crippen molar-refractivity contribution in [1.82, 2.24) is 4.57 Å². The summed E-state index contributed by atoms with van der Waals surface area (Å²) in [7, 11) is 0. The van der Waals surface area contributed by atoms with Gasteiger partial charge in [0.2, 0.25) is 0 Å². The van der Waals surface area contributed by atoms with Crippen LogP contribution in [0.15, 0.2) is 218 Å². The number of anilines is 3. The number of rotatable bonds is 6. The van der Waals surface area contributed by atoms with Crippen LogP contribution >= 0.6 is 0 Å². The first-order valence-electron chi connectivity index (χ1n) is 19.0. The van der Waals surface area contributed by atoms with Gasteiger partial charge in [0.1, 0.15) is 5.54 Å². The Labute approximate surface area is 320 Å². The van der Waals surface area contributed by atoms with Crippen molar-refractivity contribution in [3.63, 3.8) is 0 Å². The van der Waals surface area contributed by atoms with E-state index in [4.69, 9.17) is 0 Å². The predicted molar refractivity (Wildman–Crippen MR) is 231 cm³/mol. The second-order valence-corrected chi connectivity index (χ2v) is 14.5. The SMILES string of the molecule is c1ccc(-c2ccc(N(c3ccc4c(c3)c3ccccc3n4C3(c4ccccc4)c4ccccc4-c4ccccc43)c3cccc4ccccc34)cc2)cc1. The number of aromatic nitrogens is 1. The van der Waals surface area contributed by atoms with Gasteiger partial charge < -0.3 is 9.47 Å². The Morgan fingerprint density at radius 3 is 1.65 bits per heavy atom. The van der Waals surface area contributed by atoms with Crippen LogP contribution in [0.2, 0.25) is 0 Å². The van der Waals surface area contributed by atoms with Crippen LogP contribution < -0.4 is 4.90 Å². The molecule has 0 spiro atoms. The normalized spacial score (nSPS) is 12.9. The van der Waals surface area contributed by atoms with Gasteiger partial charge in [-0.15, -0.1) is 0 Å². The van der Waals surface area contributed by atoms with E-state index in [1.54, 1.807) is 0 Å². The molecule has 1 heterocycles. The molecule has 1 aliphatic rings. The molecule has 0 fully saturated rings. The van der Waals surface area contributed by atoms with Gasteiger partial charge in [-0.2, -0.15) is 0 Å². The van der Waals surface area contributed by atoms with E-state index in [0.29, 0.717) is 0 Å². The highest BCUT2D eigenvalue weighted by Gasteiger charge is 2.47. The van der Waals surface area contributed by atoms with Gasteiger partial charge >= 0.3 is 0 Å². The van der Waals surface area contributed by atoms with Crippen molar-refractivity contribution in [2.75, 3.05) is 4.90 Å². The van der Waals surface area contributed by atoms with Gasteiger partial charge in [0, 0.05) is 27.5 Å². The second kappa shape index (κ2) is 12.5. The van der Waals surface area contributed by atoms with Crippen molar-refractivity contribution in [1.29, 1.82) is 0 Å². The smallest absolute Gasteiger partial charge is 0.122 e. The largest absolute Gasteiger partial charge is 0.322 e. The van der Waals surface area contributed by atoms with E-state index in [9.17, 15) is 0 Å². The van der Waals surface area contributed by atoms with E-state index in [1.807, 2.05) is 0 Å². The number of benzene rings is 9. The van der Waals surface area contributed by atoms with Crippen LogP contribution in [0.3, 0.4) is 0 Å². The summed E-state index contributed by atoms with van der Waals surface area (Å²) >= 11 is 0. The van der Waals surface area contributed by atoms with Crippen LogP contribution in [0.5, 0.6) is 0 Å². The average molecular weight is 701 g/mol. The maximum atomic E-state index is 2.62. The molecule has 258 valence electrons. The third kappa shape index (κ3) is 4.68. The van der Waals surface area contributed by atoms with E-state index in [1.165, 1.54) is 71.5 Å². The maximum absolute atomic E-state index is 2.62. The van der Waals surface area contributed by atoms with Crippen molar-refractivity contribution in [3.8, 4) is 22.3 Å². The summed E-state index contributed by atoms with van der Waals surface area (Å²) in [6.45, 7) is 0. The summed E-state index contributed by atoms with van der Waals surface area (Å²) in [5.74, 6) is 0. The van der Waals surface area contributed by atoms with Crippen LogP contribution in [0, 0.1) is 0 Å². The Morgan fingerprint density at radius 2 is 0.909 bits per heavy atom. The third-order valence-corrected chi connectivity index (χ3v) is 11.6. The molecule has 0 saturated carbocycles. The van der Waals surface area contributed by atoms with Crippen molar-refractivity contribution in [2.24, 2.45) is 0 Å². The summed E-state index contributed by atoms with van der Waals surface area (Å²) in [5, 5.41) is 4.87. The zero-order chi connectivity index (χ0) is 36.3. The quantitative estimate of drug-likeness (QED) is 0.168. The molecule has 0 N–H and O–H groups in total. The summed E-state index contributed by atoms with van der Waals surface area (Å²) < 4.78 is 2.62. The molecule has 2 nitrogen and oxygen atoms in total. The lowest BCUT2D eigenvalue weighted by molar-refractivity contribution is 0.564. The Kier molecular flexibility index (Phi) is 7.11. The zero-order valence-electron chi connectivity index (χ0n) is 30.2. The predicted octanol–water partition coefficient (Wildman–Crippen LogP) is 13.9. The maximum Gasteiger partial charge on any atom is 0.122 e. The van der Waals surface area contributed by atoms with Gasteiger partial charge in [-0.05, 0) is 86.8 Å². The van der Waals surface area contributed by atoms with E-state index in [0.717, 1.165) is 17.1 Å². The Hall–Kier alpha value is -7.16. The molecule has 0 atom stereocenters. The first-order chi connectivity index (χ1) is 27.3. The molecule has 10 aromatic rings. The lowest BCUT2D eigenvalue weighted by atomic mass is 9.80. The lowest BCUT2D eigenvalue weighted by Crippen LogP contribution is -2.35. The molecule has 0 saturated heterocycles. The first-order valence-corrected chi connectivity index (χ1v) is 19.0. The molecule has 11 rings (SSSR count). The van der Waals surface area contributed by atoms with Crippen LogP contribution in [-0.4, -0.2) is 4.57 Å². The molecule has 9 aromatic carbocycles. The van der Waals surface area contributed by atoms with E-state index < -0.39 is 5.54 Å². The van der Waals surface area contributed by atoms with Gasteiger partial charge in [-0.25, -0.2) is 0 Å². The number of hydrogen-bond acceptors (Lipinski definition) is 1. The van der Waals surface area contributed by atoms with Crippen molar-refractivity contribution >= 4 is 49.6 Å². The topological polar surface area (TPSA) is 8.17 Å². The lowest BCUT2D eigenvalue weighted by Gasteiger charge is -2.36. The van der Waals surface area contributed by atoms with Gasteiger partial charge in [0.15, 0.2) is 0 Å². The number of nitrogens with zero attached hydrogens (tertiary/aromatic N) is 2. The zero-order valence-corrected chi connectivity index (χ0v) is 30.2. The minimum absolute atomic E-state index is 0.583. The van der Waals surface area contributed by atoms with Crippen LogP contribution in [0.1, 0.15) is 16.7 Å². The summed E-state index contributed by atoms with van der Waals surface area (Å²) in [6.07, 6.45) is 0. The van der Waals surface area contributed by atoms with E-state index in [-0.39, 0.29) is 0 Å². The second-order valence-electron chi connectivity index (χ2n) is 14.5. The molecule has 0 aliphatic heterocycles. The van der Waals surface area contributed by atoms with Gasteiger partial charge in [0.05, 0.1) is 16.7 Å². The van der Waals surface area contributed by atoms with Crippen LogP contribution in [-0.2, 0) is 5.54 Å². The highest BCUT2D eigenvalue weighted by atomic mass is 15.1. The number of hydrogen-bond donors (Lipinski definition) is 0. The molecule has 0 amide bonds. The molecule has 0 unspecified atom stereocenters. The standard InChI is InChI=1S/C53H36N2/c1-3-16-37(17-4-1)38-30-32-41(33-31-38)54(50-29-15-19-39-18-7-8-22-43(39)50)42-34-35-52-47(36-42)46-25-11-14-28-51(46)55(52)53(40-20-5-2-6-21-40)48-26-12-9-23-44(48)45-24-10-13-27-49(45)53/h1-36H. The Balaban J connectivity index is 1.19. The highest BCUT2D eigenvalue weighted by Crippen LogP contribution is 2.56. The average Bonchev–Trinajstić information content (AvgIpc) is 3.75. The molecule has 0 bridgehead atoms. The fourth-order valence-corrected chi connectivity index (χ4v) is 9.30. The molecule has 1 aromatic heterocycles. The van der Waals surface area contributed by atoms with Crippen LogP contribution in [0.4, 0.5) is 17.1 Å². The number of fused-ring (bicyclic) bond motifs is 7. The number of para-hydroxylation sites is 1. The molecule has 2 heteroatoms. The summed E-state index contributed by atoms with van der Waals surface area (Å²) in [6, 6.07) is 80.0.